The number of ether oxygens (including phenoxy) is 1. The molecule has 0 aromatic carbocycles. The first-order valence-electron chi connectivity index (χ1n) is 6.75. The van der Waals surface area contributed by atoms with Crippen LogP contribution >= 0.6 is 23.2 Å². The molecule has 1 aromatic heterocycles. The molecule has 0 spiro atoms. The Kier molecular flexibility index (Phi) is 3.73. The third-order valence-corrected chi connectivity index (χ3v) is 4.39. The summed E-state index contributed by atoms with van der Waals surface area (Å²) in [6.07, 6.45) is 3.10. The van der Waals surface area contributed by atoms with Crippen molar-refractivity contribution in [1.82, 2.24) is 9.97 Å². The summed E-state index contributed by atoms with van der Waals surface area (Å²) in [4.78, 5) is 22.3. The molecular weight excluding hydrogens is 301 g/mol. The molecule has 1 aliphatic heterocycles. The molecule has 5 nitrogen and oxygen atoms in total. The van der Waals surface area contributed by atoms with Gasteiger partial charge in [-0.2, -0.15) is 0 Å². The van der Waals surface area contributed by atoms with E-state index in [4.69, 9.17) is 27.9 Å². The van der Waals surface area contributed by atoms with Crippen molar-refractivity contribution in [1.29, 1.82) is 0 Å². The molecule has 20 heavy (non-hydrogen) atoms. The van der Waals surface area contributed by atoms with Crippen molar-refractivity contribution in [3.63, 3.8) is 0 Å². The van der Waals surface area contributed by atoms with Crippen molar-refractivity contribution >= 4 is 35.0 Å². The van der Waals surface area contributed by atoms with Gasteiger partial charge in [-0.3, -0.25) is 0 Å². The fourth-order valence-electron chi connectivity index (χ4n) is 3.36. The Labute approximate surface area is 127 Å². The minimum Gasteiger partial charge on any atom is -0.464 e. The molecule has 2 fully saturated rings. The normalized spacial score (nSPS) is 27.9. The van der Waals surface area contributed by atoms with Gasteiger partial charge in [0.2, 0.25) is 5.28 Å². The molecule has 3 atom stereocenters. The topological polar surface area (TPSA) is 55.3 Å². The van der Waals surface area contributed by atoms with Gasteiger partial charge in [-0.1, -0.05) is 11.6 Å². The van der Waals surface area contributed by atoms with Crippen LogP contribution in [0, 0.1) is 5.92 Å². The van der Waals surface area contributed by atoms with Crippen molar-refractivity contribution in [2.75, 3.05) is 11.5 Å². The number of halogens is 2. The van der Waals surface area contributed by atoms with Gasteiger partial charge >= 0.3 is 5.97 Å². The smallest absolute Gasteiger partial charge is 0.329 e. The van der Waals surface area contributed by atoms with Crippen molar-refractivity contribution in [2.45, 2.75) is 38.3 Å². The lowest BCUT2D eigenvalue weighted by molar-refractivity contribution is -0.145. The summed E-state index contributed by atoms with van der Waals surface area (Å²) in [6, 6.07) is 1.67. The number of hydrogen-bond donors (Lipinski definition) is 0. The van der Waals surface area contributed by atoms with E-state index in [1.807, 2.05) is 11.8 Å². The molecule has 1 aliphatic carbocycles. The molecule has 108 valence electrons. The van der Waals surface area contributed by atoms with E-state index in [-0.39, 0.29) is 22.4 Å². The Morgan fingerprint density at radius 1 is 1.45 bits per heavy atom. The highest BCUT2D eigenvalue weighted by molar-refractivity contribution is 6.32. The van der Waals surface area contributed by atoms with Gasteiger partial charge in [-0.25, -0.2) is 14.8 Å². The van der Waals surface area contributed by atoms with E-state index in [2.05, 4.69) is 9.97 Å². The predicted molar refractivity (Wildman–Crippen MR) is 76.1 cm³/mol. The van der Waals surface area contributed by atoms with Crippen LogP contribution in [-0.2, 0) is 9.53 Å². The van der Waals surface area contributed by atoms with Crippen molar-refractivity contribution in [3.8, 4) is 0 Å². The molecule has 2 heterocycles. The molecule has 7 heteroatoms. The van der Waals surface area contributed by atoms with Crippen LogP contribution in [0.25, 0.3) is 0 Å². The van der Waals surface area contributed by atoms with E-state index in [9.17, 15) is 4.79 Å². The number of anilines is 1. The molecule has 3 rings (SSSR count). The molecular formula is C13H15Cl2N3O2. The van der Waals surface area contributed by atoms with Gasteiger partial charge in [0.25, 0.3) is 0 Å². The number of hydrogen-bond acceptors (Lipinski definition) is 5. The molecule has 0 radical (unpaired) electrons. The van der Waals surface area contributed by atoms with Crippen molar-refractivity contribution < 1.29 is 9.53 Å². The third-order valence-electron chi connectivity index (χ3n) is 4.03. The molecule has 0 amide bonds. The minimum absolute atomic E-state index is 0.0953. The molecule has 2 aliphatic rings. The van der Waals surface area contributed by atoms with Gasteiger partial charge in [-0.05, 0) is 43.7 Å². The second kappa shape index (κ2) is 5.37. The van der Waals surface area contributed by atoms with Gasteiger partial charge in [0.15, 0.2) is 0 Å². The van der Waals surface area contributed by atoms with E-state index in [0.29, 0.717) is 24.4 Å². The van der Waals surface area contributed by atoms with E-state index in [1.54, 1.807) is 6.07 Å². The zero-order valence-electron chi connectivity index (χ0n) is 11.1. The van der Waals surface area contributed by atoms with Crippen LogP contribution < -0.4 is 4.90 Å². The number of rotatable bonds is 3. The Morgan fingerprint density at radius 3 is 2.95 bits per heavy atom. The standard InChI is InChI=1S/C13H15Cl2N3O2/c1-2-20-12(19)11-7-3-4-8(5-7)18(11)10-6-9(14)16-13(15)17-10/h6-8,11H,2-5H2,1H3. The lowest BCUT2D eigenvalue weighted by atomic mass is 9.99. The largest absolute Gasteiger partial charge is 0.464 e. The second-order valence-electron chi connectivity index (χ2n) is 5.15. The summed E-state index contributed by atoms with van der Waals surface area (Å²) in [5.74, 6) is 0.748. The maximum atomic E-state index is 12.2. The lowest BCUT2D eigenvalue weighted by Gasteiger charge is -2.34. The van der Waals surface area contributed by atoms with Crippen molar-refractivity contribution in [3.05, 3.63) is 16.5 Å². The fraction of sp³-hybridized carbons (Fsp3) is 0.615. The Balaban J connectivity index is 1.95. The molecule has 0 N–H and O–H groups in total. The monoisotopic (exact) mass is 315 g/mol. The fourth-order valence-corrected chi connectivity index (χ4v) is 3.76. The zero-order valence-corrected chi connectivity index (χ0v) is 12.6. The first-order chi connectivity index (χ1) is 9.60. The van der Waals surface area contributed by atoms with Crippen molar-refractivity contribution in [2.24, 2.45) is 5.92 Å². The van der Waals surface area contributed by atoms with E-state index < -0.39 is 0 Å². The third kappa shape index (κ3) is 2.33. The van der Waals surface area contributed by atoms with Gasteiger partial charge in [0.05, 0.1) is 6.61 Å². The second-order valence-corrected chi connectivity index (χ2v) is 5.87. The summed E-state index contributed by atoms with van der Waals surface area (Å²) >= 11 is 11.8. The quantitative estimate of drug-likeness (QED) is 0.487. The molecule has 1 saturated heterocycles. The maximum absolute atomic E-state index is 12.2. The highest BCUT2D eigenvalue weighted by Gasteiger charge is 2.50. The average Bonchev–Trinajstić information content (AvgIpc) is 2.97. The number of esters is 1. The van der Waals surface area contributed by atoms with Crippen LogP contribution in [0.5, 0.6) is 0 Å². The highest BCUT2D eigenvalue weighted by Crippen LogP contribution is 2.45. The Hall–Kier alpha value is -1.07. The SMILES string of the molecule is CCOC(=O)C1C2CCC(C2)N1c1cc(Cl)nc(Cl)n1. The maximum Gasteiger partial charge on any atom is 0.329 e. The number of aromatic nitrogens is 2. The summed E-state index contributed by atoms with van der Waals surface area (Å²) in [5, 5.41) is 0.378. The molecule has 1 aromatic rings. The number of nitrogens with zero attached hydrogens (tertiary/aromatic N) is 3. The van der Waals surface area contributed by atoms with Crippen LogP contribution in [0.1, 0.15) is 26.2 Å². The summed E-state index contributed by atoms with van der Waals surface area (Å²) < 4.78 is 5.20. The Bertz CT molecular complexity index is 520. The van der Waals surface area contributed by atoms with Crippen LogP contribution in [0.2, 0.25) is 10.4 Å². The first kappa shape index (κ1) is 13.9. The van der Waals surface area contributed by atoms with Crippen LogP contribution in [0.4, 0.5) is 5.82 Å². The minimum atomic E-state index is -0.282. The summed E-state index contributed by atoms with van der Waals surface area (Å²) in [6.45, 7) is 2.19. The molecule has 2 bridgehead atoms. The van der Waals surface area contributed by atoms with Gasteiger partial charge in [0.1, 0.15) is 17.0 Å². The van der Waals surface area contributed by atoms with Gasteiger partial charge in [-0.15, -0.1) is 0 Å². The zero-order chi connectivity index (χ0) is 14.3. The number of carbonyl (C=O) groups is 1. The first-order valence-corrected chi connectivity index (χ1v) is 7.50. The Morgan fingerprint density at radius 2 is 2.25 bits per heavy atom. The van der Waals surface area contributed by atoms with E-state index in [0.717, 1.165) is 19.3 Å². The number of fused-ring (bicyclic) bond motifs is 2. The van der Waals surface area contributed by atoms with E-state index >= 15 is 0 Å². The molecule has 3 unspecified atom stereocenters. The lowest BCUT2D eigenvalue weighted by Crippen LogP contribution is -2.47. The summed E-state index contributed by atoms with van der Waals surface area (Å²) in [5.41, 5.74) is 0. The van der Waals surface area contributed by atoms with Crippen LogP contribution in [-0.4, -0.2) is 34.6 Å². The van der Waals surface area contributed by atoms with Crippen LogP contribution in [0.3, 0.4) is 0 Å². The molecule has 1 saturated carbocycles. The van der Waals surface area contributed by atoms with Gasteiger partial charge in [0, 0.05) is 12.1 Å². The van der Waals surface area contributed by atoms with E-state index in [1.165, 1.54) is 0 Å². The predicted octanol–water partition coefficient (Wildman–Crippen LogP) is 2.70. The average molecular weight is 316 g/mol. The van der Waals surface area contributed by atoms with Gasteiger partial charge < -0.3 is 9.64 Å². The number of piperidine rings is 1. The number of carbonyl (C=O) groups excluding carboxylic acids is 1. The summed E-state index contributed by atoms with van der Waals surface area (Å²) in [7, 11) is 0. The highest BCUT2D eigenvalue weighted by atomic mass is 35.5. The van der Waals surface area contributed by atoms with Crippen LogP contribution in [0.15, 0.2) is 6.07 Å².